The summed E-state index contributed by atoms with van der Waals surface area (Å²) >= 11 is 11.9. The molecule has 3 aromatic rings. The van der Waals surface area contributed by atoms with E-state index in [1.807, 2.05) is 0 Å². The molecule has 2 heterocycles. The molecule has 3 rings (SSSR count). The van der Waals surface area contributed by atoms with Crippen molar-refractivity contribution < 1.29 is 17.4 Å². The van der Waals surface area contributed by atoms with Gasteiger partial charge in [-0.15, -0.1) is 0 Å². The van der Waals surface area contributed by atoms with Gasteiger partial charge in [0.2, 0.25) is 0 Å². The number of aldehydes is 1. The summed E-state index contributed by atoms with van der Waals surface area (Å²) in [6, 6.07) is 9.35. The van der Waals surface area contributed by atoms with Crippen LogP contribution in [0.1, 0.15) is 41.8 Å². The summed E-state index contributed by atoms with van der Waals surface area (Å²) in [5.74, 6) is -0.365. The van der Waals surface area contributed by atoms with Crippen LogP contribution in [0.15, 0.2) is 47.6 Å². The fraction of sp³-hybridized carbons (Fsp3) is 0.211. The Bertz CT molecular complexity index is 1130. The van der Waals surface area contributed by atoms with Gasteiger partial charge in [-0.3, -0.25) is 9.78 Å². The number of rotatable bonds is 7. The highest BCUT2D eigenvalue weighted by atomic mass is 35.5. The van der Waals surface area contributed by atoms with E-state index >= 15 is 0 Å². The zero-order chi connectivity index (χ0) is 21.2. The predicted molar refractivity (Wildman–Crippen MR) is 109 cm³/mol. The Kier molecular flexibility index (Phi) is 6.26. The number of hydrogen-bond donors (Lipinski definition) is 0. The van der Waals surface area contributed by atoms with Crippen molar-refractivity contribution in [3.63, 3.8) is 0 Å². The summed E-state index contributed by atoms with van der Waals surface area (Å²) in [5.41, 5.74) is 0.779. The van der Waals surface area contributed by atoms with Gasteiger partial charge < -0.3 is 8.75 Å². The highest BCUT2D eigenvalue weighted by molar-refractivity contribution is 7.87. The minimum atomic E-state index is -4.37. The molecule has 0 bridgehead atoms. The minimum Gasteiger partial charge on any atom is -0.378 e. The van der Waals surface area contributed by atoms with E-state index in [-0.39, 0.29) is 44.8 Å². The lowest BCUT2D eigenvalue weighted by Crippen LogP contribution is -2.19. The maximum absolute atomic E-state index is 13.2. The molecule has 0 aliphatic heterocycles. The van der Waals surface area contributed by atoms with Crippen molar-refractivity contribution in [1.82, 2.24) is 14.5 Å². The van der Waals surface area contributed by atoms with E-state index in [0.29, 0.717) is 12.0 Å². The lowest BCUT2D eigenvalue weighted by atomic mass is 10.1. The van der Waals surface area contributed by atoms with Gasteiger partial charge in [-0.2, -0.15) is 8.42 Å². The van der Waals surface area contributed by atoms with Crippen molar-refractivity contribution in [1.29, 1.82) is 0 Å². The molecule has 0 unspecified atom stereocenters. The largest absolute Gasteiger partial charge is 0.378 e. The molecule has 0 N–H and O–H groups in total. The fourth-order valence-corrected chi connectivity index (χ4v) is 4.65. The molecule has 0 saturated carbocycles. The Morgan fingerprint density at radius 2 is 1.86 bits per heavy atom. The smallest absolute Gasteiger partial charge is 0.357 e. The van der Waals surface area contributed by atoms with E-state index < -0.39 is 10.1 Å². The van der Waals surface area contributed by atoms with Crippen molar-refractivity contribution >= 4 is 39.6 Å². The van der Waals surface area contributed by atoms with Crippen LogP contribution in [0.2, 0.25) is 10.0 Å². The molecule has 0 atom stereocenters. The molecular weight excluding hydrogens is 437 g/mol. The molecule has 2 aromatic heterocycles. The average molecular weight is 454 g/mol. The van der Waals surface area contributed by atoms with Crippen LogP contribution in [-0.2, 0) is 16.7 Å². The Morgan fingerprint density at radius 3 is 2.41 bits per heavy atom. The predicted octanol–water partition coefficient (Wildman–Crippen LogP) is 4.34. The summed E-state index contributed by atoms with van der Waals surface area (Å²) in [4.78, 5) is 20.0. The Hall–Kier alpha value is -2.42. The van der Waals surface area contributed by atoms with Gasteiger partial charge in [-0.05, 0) is 24.1 Å². The average Bonchev–Trinajstić information content (AvgIpc) is 3.01. The van der Waals surface area contributed by atoms with Crippen LogP contribution in [0.25, 0.3) is 0 Å². The van der Waals surface area contributed by atoms with Gasteiger partial charge in [-0.25, -0.2) is 4.98 Å². The topological polar surface area (TPSA) is 91.1 Å². The summed E-state index contributed by atoms with van der Waals surface area (Å²) in [5, 5.41) is 0.237. The monoisotopic (exact) mass is 453 g/mol. The van der Waals surface area contributed by atoms with Crippen molar-refractivity contribution in [2.24, 2.45) is 0 Å². The van der Waals surface area contributed by atoms with Crippen LogP contribution in [0.4, 0.5) is 0 Å². The zero-order valence-corrected chi connectivity index (χ0v) is 17.9. The van der Waals surface area contributed by atoms with Crippen molar-refractivity contribution in [2.75, 3.05) is 0 Å². The van der Waals surface area contributed by atoms with Gasteiger partial charge in [0, 0.05) is 28.4 Å². The number of benzene rings is 1. The van der Waals surface area contributed by atoms with Crippen molar-refractivity contribution in [3.05, 3.63) is 69.9 Å². The Labute approximate surface area is 178 Å². The van der Waals surface area contributed by atoms with E-state index in [2.05, 4.69) is 9.97 Å². The van der Waals surface area contributed by atoms with E-state index in [1.54, 1.807) is 38.2 Å². The second-order valence-electron chi connectivity index (χ2n) is 6.48. The number of pyridine rings is 1. The van der Waals surface area contributed by atoms with Crippen LogP contribution in [0.5, 0.6) is 5.75 Å². The molecule has 0 radical (unpaired) electrons. The maximum Gasteiger partial charge on any atom is 0.357 e. The van der Waals surface area contributed by atoms with Gasteiger partial charge in [-0.1, -0.05) is 43.1 Å². The van der Waals surface area contributed by atoms with Crippen LogP contribution in [0, 0.1) is 0 Å². The third-order valence-electron chi connectivity index (χ3n) is 3.95. The number of halogens is 2. The first kappa shape index (κ1) is 21.3. The van der Waals surface area contributed by atoms with Crippen LogP contribution in [-0.4, -0.2) is 29.2 Å². The van der Waals surface area contributed by atoms with E-state index in [4.69, 9.17) is 27.4 Å². The molecule has 29 heavy (non-hydrogen) atoms. The lowest BCUT2D eigenvalue weighted by Gasteiger charge is -2.13. The summed E-state index contributed by atoms with van der Waals surface area (Å²) in [6.07, 6.45) is 2.08. The fourth-order valence-electron chi connectivity index (χ4n) is 2.75. The van der Waals surface area contributed by atoms with E-state index in [9.17, 15) is 13.2 Å². The Balaban J connectivity index is 2.14. The Morgan fingerprint density at radius 1 is 1.17 bits per heavy atom. The van der Waals surface area contributed by atoms with Gasteiger partial charge >= 0.3 is 10.1 Å². The molecule has 0 fully saturated rings. The lowest BCUT2D eigenvalue weighted by molar-refractivity contribution is 0.111. The molecule has 0 amide bonds. The molecular formula is C19H17Cl2N3O4S. The SMILES string of the molecule is CC(C)c1nc(C=O)n(Cc2ccccn2)c1S(=O)(=O)Oc1cc(Cl)cc(Cl)c1. The van der Waals surface area contributed by atoms with Gasteiger partial charge in [0.1, 0.15) is 5.75 Å². The molecule has 0 aliphatic rings. The molecule has 152 valence electrons. The molecule has 7 nitrogen and oxygen atoms in total. The first-order chi connectivity index (χ1) is 13.7. The zero-order valence-electron chi connectivity index (χ0n) is 15.5. The van der Waals surface area contributed by atoms with Gasteiger partial charge in [0.05, 0.1) is 17.9 Å². The highest BCUT2D eigenvalue weighted by Crippen LogP contribution is 2.30. The van der Waals surface area contributed by atoms with Crippen molar-refractivity contribution in [2.45, 2.75) is 31.3 Å². The molecule has 0 saturated heterocycles. The number of imidazole rings is 1. The molecule has 1 aromatic carbocycles. The third-order valence-corrected chi connectivity index (χ3v) is 5.70. The standard InChI is InChI=1S/C19H17Cl2N3O4S/c1-12(2)18-19(29(26,27)28-16-8-13(20)7-14(21)9-16)24(17(11-25)23-18)10-15-5-3-4-6-22-15/h3-9,11-12H,10H2,1-2H3. The third kappa shape index (κ3) is 4.77. The van der Waals surface area contributed by atoms with Gasteiger partial charge in [0.25, 0.3) is 0 Å². The van der Waals surface area contributed by atoms with E-state index in [1.165, 1.54) is 22.8 Å². The number of carbonyl (C=O) groups is 1. The molecule has 0 aliphatic carbocycles. The number of nitrogens with zero attached hydrogens (tertiary/aromatic N) is 3. The van der Waals surface area contributed by atoms with Gasteiger partial charge in [0.15, 0.2) is 17.1 Å². The second kappa shape index (κ2) is 8.52. The van der Waals surface area contributed by atoms with Crippen LogP contribution >= 0.6 is 23.2 Å². The number of aromatic nitrogens is 3. The molecule has 0 spiro atoms. The molecule has 10 heteroatoms. The minimum absolute atomic E-state index is 0.0306. The second-order valence-corrected chi connectivity index (χ2v) is 8.82. The maximum atomic E-state index is 13.2. The van der Waals surface area contributed by atoms with Crippen LogP contribution < -0.4 is 4.18 Å². The quantitative estimate of drug-likeness (QED) is 0.390. The summed E-state index contributed by atoms with van der Waals surface area (Å²) < 4.78 is 32.9. The normalized spacial score (nSPS) is 11.6. The van der Waals surface area contributed by atoms with Crippen LogP contribution in [0.3, 0.4) is 0 Å². The summed E-state index contributed by atoms with van der Waals surface area (Å²) in [6.45, 7) is 3.58. The van der Waals surface area contributed by atoms with E-state index in [0.717, 1.165) is 0 Å². The first-order valence-corrected chi connectivity index (χ1v) is 10.7. The number of carbonyl (C=O) groups excluding carboxylic acids is 1. The highest BCUT2D eigenvalue weighted by Gasteiger charge is 2.31. The first-order valence-electron chi connectivity index (χ1n) is 8.57. The van der Waals surface area contributed by atoms with Crippen molar-refractivity contribution in [3.8, 4) is 5.75 Å². The summed E-state index contributed by atoms with van der Waals surface area (Å²) in [7, 11) is -4.37. The number of hydrogen-bond acceptors (Lipinski definition) is 6.